The maximum absolute atomic E-state index is 12.9. The lowest BCUT2D eigenvalue weighted by molar-refractivity contribution is 0.0749. The highest BCUT2D eigenvalue weighted by Crippen LogP contribution is 2.37. The van der Waals surface area contributed by atoms with Crippen LogP contribution in [0.1, 0.15) is 37.2 Å². The zero-order valence-electron chi connectivity index (χ0n) is 15.9. The third kappa shape index (κ3) is 4.06. The molecule has 3 heterocycles. The molecular weight excluding hydrogens is 408 g/mol. The zero-order valence-corrected chi connectivity index (χ0v) is 18.3. The van der Waals surface area contributed by atoms with E-state index < -0.39 is 15.4 Å². The fourth-order valence-electron chi connectivity index (χ4n) is 2.79. The van der Waals surface area contributed by atoms with Gasteiger partial charge in [0.15, 0.2) is 0 Å². The maximum atomic E-state index is 12.9. The SMILES string of the molecule is CN(c1ccc(Cl)s1)c1cc(C2CN(S(C)(=O)=O)C2)nn1C(=O)C(C)(C)C. The third-order valence-electron chi connectivity index (χ3n) is 4.51. The topological polar surface area (TPSA) is 75.5 Å². The van der Waals surface area contributed by atoms with Crippen LogP contribution in [0.5, 0.6) is 0 Å². The Kier molecular flexibility index (Phi) is 5.17. The van der Waals surface area contributed by atoms with Gasteiger partial charge < -0.3 is 4.90 Å². The molecule has 1 saturated heterocycles. The number of nitrogens with zero attached hydrogens (tertiary/aromatic N) is 4. The number of hydrogen-bond donors (Lipinski definition) is 0. The van der Waals surface area contributed by atoms with Crippen LogP contribution in [0.15, 0.2) is 18.2 Å². The number of sulfonamides is 1. The van der Waals surface area contributed by atoms with E-state index in [-0.39, 0.29) is 11.8 Å². The summed E-state index contributed by atoms with van der Waals surface area (Å²) < 4.78 is 26.7. The zero-order chi connectivity index (χ0) is 20.1. The van der Waals surface area contributed by atoms with Crippen molar-refractivity contribution in [1.82, 2.24) is 14.1 Å². The molecule has 1 aliphatic rings. The Morgan fingerprint density at radius 2 is 1.96 bits per heavy atom. The molecule has 0 aromatic carbocycles. The van der Waals surface area contributed by atoms with Gasteiger partial charge in [-0.25, -0.2) is 12.7 Å². The number of hydrogen-bond acceptors (Lipinski definition) is 6. The predicted molar refractivity (Wildman–Crippen MR) is 109 cm³/mol. The van der Waals surface area contributed by atoms with Gasteiger partial charge in [-0.3, -0.25) is 4.79 Å². The lowest BCUT2D eigenvalue weighted by Gasteiger charge is -2.36. The van der Waals surface area contributed by atoms with Crippen molar-refractivity contribution < 1.29 is 13.2 Å². The average molecular weight is 431 g/mol. The van der Waals surface area contributed by atoms with E-state index in [1.54, 1.807) is 6.07 Å². The van der Waals surface area contributed by atoms with Crippen LogP contribution in [-0.4, -0.2) is 54.8 Å². The smallest absolute Gasteiger partial charge is 0.254 e. The van der Waals surface area contributed by atoms with Crippen molar-refractivity contribution in [2.24, 2.45) is 5.41 Å². The fraction of sp³-hybridized carbons (Fsp3) is 0.529. The van der Waals surface area contributed by atoms with Gasteiger partial charge in [0.25, 0.3) is 5.91 Å². The predicted octanol–water partition coefficient (Wildman–Crippen LogP) is 3.41. The van der Waals surface area contributed by atoms with Crippen LogP contribution in [0, 0.1) is 5.41 Å². The lowest BCUT2D eigenvalue weighted by Crippen LogP contribution is -2.48. The van der Waals surface area contributed by atoms with Crippen molar-refractivity contribution in [2.75, 3.05) is 31.3 Å². The molecule has 0 radical (unpaired) electrons. The van der Waals surface area contributed by atoms with Gasteiger partial charge in [-0.1, -0.05) is 32.4 Å². The molecule has 0 aliphatic carbocycles. The summed E-state index contributed by atoms with van der Waals surface area (Å²) in [6.45, 7) is 6.30. The number of aromatic nitrogens is 2. The molecule has 0 atom stereocenters. The molecule has 1 fully saturated rings. The summed E-state index contributed by atoms with van der Waals surface area (Å²) in [5.41, 5.74) is 0.113. The molecule has 7 nitrogen and oxygen atoms in total. The van der Waals surface area contributed by atoms with Crippen LogP contribution >= 0.6 is 22.9 Å². The molecule has 1 aliphatic heterocycles. The highest BCUT2D eigenvalue weighted by molar-refractivity contribution is 7.88. The fourth-order valence-corrected chi connectivity index (χ4v) is 4.69. The van der Waals surface area contributed by atoms with Gasteiger partial charge in [0, 0.05) is 37.5 Å². The molecule has 2 aromatic heterocycles. The van der Waals surface area contributed by atoms with Gasteiger partial charge in [-0.15, -0.1) is 11.3 Å². The molecule has 2 aromatic rings. The molecular formula is C17H23ClN4O3S2. The summed E-state index contributed by atoms with van der Waals surface area (Å²) in [6, 6.07) is 5.56. The number of rotatable bonds is 4. The Morgan fingerprint density at radius 3 is 2.44 bits per heavy atom. The molecule has 0 N–H and O–H groups in total. The Bertz CT molecular complexity index is 969. The van der Waals surface area contributed by atoms with E-state index >= 15 is 0 Å². The summed E-state index contributed by atoms with van der Waals surface area (Å²) in [7, 11) is -1.34. The van der Waals surface area contributed by atoms with Crippen molar-refractivity contribution in [2.45, 2.75) is 26.7 Å². The number of carbonyl (C=O) groups excluding carboxylic acids is 1. The number of carbonyl (C=O) groups is 1. The normalized spacial score (nSPS) is 16.4. The van der Waals surface area contributed by atoms with Crippen LogP contribution in [0.25, 0.3) is 0 Å². The first-order chi connectivity index (χ1) is 12.4. The van der Waals surface area contributed by atoms with Gasteiger partial charge in [0.2, 0.25) is 10.0 Å². The maximum Gasteiger partial charge on any atom is 0.254 e. The summed E-state index contributed by atoms with van der Waals surface area (Å²) >= 11 is 7.46. The molecule has 3 rings (SSSR count). The first-order valence-electron chi connectivity index (χ1n) is 8.47. The van der Waals surface area contributed by atoms with E-state index in [1.165, 1.54) is 26.6 Å². The van der Waals surface area contributed by atoms with Gasteiger partial charge >= 0.3 is 0 Å². The van der Waals surface area contributed by atoms with Crippen LogP contribution in [-0.2, 0) is 10.0 Å². The summed E-state index contributed by atoms with van der Waals surface area (Å²) in [5, 5.41) is 5.43. The Hall–Kier alpha value is -1.42. The molecule has 0 bridgehead atoms. The molecule has 0 saturated carbocycles. The monoisotopic (exact) mass is 430 g/mol. The van der Waals surface area contributed by atoms with Gasteiger partial charge in [-0.2, -0.15) is 9.78 Å². The van der Waals surface area contributed by atoms with Crippen molar-refractivity contribution in [3.8, 4) is 0 Å². The van der Waals surface area contributed by atoms with Crippen molar-refractivity contribution in [1.29, 1.82) is 0 Å². The van der Waals surface area contributed by atoms with E-state index in [0.717, 1.165) is 10.7 Å². The molecule has 0 unspecified atom stereocenters. The van der Waals surface area contributed by atoms with E-state index in [9.17, 15) is 13.2 Å². The molecule has 148 valence electrons. The summed E-state index contributed by atoms with van der Waals surface area (Å²) in [6.07, 6.45) is 1.20. The van der Waals surface area contributed by atoms with Crippen molar-refractivity contribution in [3.63, 3.8) is 0 Å². The largest absolute Gasteiger partial charge is 0.321 e. The average Bonchev–Trinajstić information content (AvgIpc) is 3.08. The number of halogens is 1. The Morgan fingerprint density at radius 1 is 1.33 bits per heavy atom. The first-order valence-corrected chi connectivity index (χ1v) is 11.5. The van der Waals surface area contributed by atoms with E-state index in [1.807, 2.05) is 44.9 Å². The minimum absolute atomic E-state index is 0.0205. The first kappa shape index (κ1) is 20.3. The Labute approximate surface area is 168 Å². The number of anilines is 2. The minimum atomic E-state index is -3.20. The van der Waals surface area contributed by atoms with Gasteiger partial charge in [0.1, 0.15) is 5.82 Å². The number of thiophene rings is 1. The minimum Gasteiger partial charge on any atom is -0.321 e. The standard InChI is InChI=1S/C17H23ClN4O3S2/c1-17(2,3)16(23)22-14(20(4)15-7-6-13(18)26-15)8-12(19-22)11-9-21(10-11)27(5,24)25/h6-8,11H,9-10H2,1-5H3. The lowest BCUT2D eigenvalue weighted by atomic mass is 9.96. The summed E-state index contributed by atoms with van der Waals surface area (Å²) in [4.78, 5) is 14.8. The van der Waals surface area contributed by atoms with Crippen LogP contribution in [0.4, 0.5) is 10.8 Å². The van der Waals surface area contributed by atoms with Gasteiger partial charge in [0.05, 0.1) is 21.3 Å². The second-order valence-corrected chi connectivity index (χ2v) is 11.5. The quantitative estimate of drug-likeness (QED) is 0.742. The van der Waals surface area contributed by atoms with E-state index in [4.69, 9.17) is 11.6 Å². The van der Waals surface area contributed by atoms with Crippen LogP contribution in [0.3, 0.4) is 0 Å². The summed E-state index contributed by atoms with van der Waals surface area (Å²) in [5.74, 6) is 0.492. The highest BCUT2D eigenvalue weighted by atomic mass is 35.5. The van der Waals surface area contributed by atoms with Crippen molar-refractivity contribution >= 4 is 49.7 Å². The van der Waals surface area contributed by atoms with Crippen LogP contribution in [0.2, 0.25) is 4.34 Å². The second-order valence-electron chi connectivity index (χ2n) is 7.81. The molecule has 10 heteroatoms. The third-order valence-corrected chi connectivity index (χ3v) is 7.06. The van der Waals surface area contributed by atoms with E-state index in [2.05, 4.69) is 5.10 Å². The van der Waals surface area contributed by atoms with Gasteiger partial charge in [-0.05, 0) is 12.1 Å². The Balaban J connectivity index is 1.96. The van der Waals surface area contributed by atoms with E-state index in [0.29, 0.717) is 23.2 Å². The molecule has 0 spiro atoms. The molecule has 0 amide bonds. The van der Waals surface area contributed by atoms with Crippen molar-refractivity contribution in [3.05, 3.63) is 28.2 Å². The second kappa shape index (κ2) is 6.88. The molecule has 27 heavy (non-hydrogen) atoms. The van der Waals surface area contributed by atoms with Crippen LogP contribution < -0.4 is 4.90 Å². The highest BCUT2D eigenvalue weighted by Gasteiger charge is 2.37.